The quantitative estimate of drug-likeness (QED) is 0.479. The van der Waals surface area contributed by atoms with Gasteiger partial charge in [0.15, 0.2) is 16.3 Å². The summed E-state index contributed by atoms with van der Waals surface area (Å²) in [6, 6.07) is 6.00. The molecule has 0 aliphatic heterocycles. The van der Waals surface area contributed by atoms with Gasteiger partial charge in [-0.15, -0.1) is 0 Å². The molecule has 0 amide bonds. The van der Waals surface area contributed by atoms with E-state index in [2.05, 4.69) is 0 Å². The van der Waals surface area contributed by atoms with Crippen LogP contribution in [0, 0.1) is 0 Å². The van der Waals surface area contributed by atoms with Gasteiger partial charge in [-0.05, 0) is 6.92 Å². The fraction of sp³-hybridized carbons (Fsp3) is 0.273. The SMILES string of the molecule is CC1(S(=O)(=O)O)CC(=O)c2ccccc2C1=O.[Na+]. The molecule has 1 aliphatic rings. The molecule has 0 saturated carbocycles. The van der Waals surface area contributed by atoms with Gasteiger partial charge >= 0.3 is 29.6 Å². The molecule has 0 fully saturated rings. The first-order valence-corrected chi connectivity index (χ1v) is 6.35. The maximum absolute atomic E-state index is 12.0. The van der Waals surface area contributed by atoms with Crippen LogP contribution in [0.2, 0.25) is 0 Å². The number of ketones is 2. The van der Waals surface area contributed by atoms with Gasteiger partial charge < -0.3 is 0 Å². The molecule has 90 valence electrons. The van der Waals surface area contributed by atoms with Crippen molar-refractivity contribution in [2.45, 2.75) is 18.1 Å². The van der Waals surface area contributed by atoms with Gasteiger partial charge in [0.25, 0.3) is 10.1 Å². The van der Waals surface area contributed by atoms with Gasteiger partial charge in [-0.3, -0.25) is 14.1 Å². The summed E-state index contributed by atoms with van der Waals surface area (Å²) >= 11 is 0. The molecule has 0 spiro atoms. The largest absolute Gasteiger partial charge is 1.00 e. The molecule has 0 bridgehead atoms. The van der Waals surface area contributed by atoms with Crippen molar-refractivity contribution < 1.29 is 52.1 Å². The minimum atomic E-state index is -4.62. The van der Waals surface area contributed by atoms with E-state index in [0.717, 1.165) is 6.92 Å². The Hall–Kier alpha value is -0.530. The molecule has 1 N–H and O–H groups in total. The van der Waals surface area contributed by atoms with Gasteiger partial charge in [0.2, 0.25) is 0 Å². The molecule has 1 unspecified atom stereocenters. The van der Waals surface area contributed by atoms with E-state index in [-0.39, 0.29) is 40.7 Å². The van der Waals surface area contributed by atoms with E-state index in [1.165, 1.54) is 12.1 Å². The van der Waals surface area contributed by atoms with Crippen molar-refractivity contribution in [2.24, 2.45) is 0 Å². The number of Topliss-reactive ketones (excluding diaryl/α,β-unsaturated/α-hetero) is 2. The first-order valence-electron chi connectivity index (χ1n) is 4.91. The van der Waals surface area contributed by atoms with Crippen molar-refractivity contribution in [3.8, 4) is 0 Å². The molecule has 18 heavy (non-hydrogen) atoms. The van der Waals surface area contributed by atoms with Crippen molar-refractivity contribution in [3.05, 3.63) is 35.4 Å². The van der Waals surface area contributed by atoms with Crippen LogP contribution in [0.4, 0.5) is 0 Å². The summed E-state index contributed by atoms with van der Waals surface area (Å²) in [5.41, 5.74) is 0.252. The zero-order chi connectivity index (χ0) is 12.8. The molecule has 0 aromatic heterocycles. The van der Waals surface area contributed by atoms with E-state index in [1.807, 2.05) is 0 Å². The number of fused-ring (bicyclic) bond motifs is 1. The molecule has 1 atom stereocenters. The third-order valence-electron chi connectivity index (χ3n) is 3.02. The van der Waals surface area contributed by atoms with Gasteiger partial charge in [0.1, 0.15) is 0 Å². The summed E-state index contributed by atoms with van der Waals surface area (Å²) < 4.78 is 29.6. The van der Waals surface area contributed by atoms with E-state index in [4.69, 9.17) is 4.55 Å². The molecule has 0 radical (unpaired) electrons. The Bertz CT molecular complexity index is 622. The zero-order valence-electron chi connectivity index (χ0n) is 10.0. The minimum Gasteiger partial charge on any atom is -0.294 e. The molecular weight excluding hydrogens is 267 g/mol. The van der Waals surface area contributed by atoms with Crippen molar-refractivity contribution >= 4 is 21.7 Å². The summed E-state index contributed by atoms with van der Waals surface area (Å²) in [5.74, 6) is -1.20. The van der Waals surface area contributed by atoms with Crippen LogP contribution >= 0.6 is 0 Å². The van der Waals surface area contributed by atoms with E-state index in [1.54, 1.807) is 12.1 Å². The van der Waals surface area contributed by atoms with E-state index >= 15 is 0 Å². The second-order valence-electron chi connectivity index (χ2n) is 4.18. The van der Waals surface area contributed by atoms with Gasteiger partial charge in [-0.2, -0.15) is 8.42 Å². The predicted octanol–water partition coefficient (Wildman–Crippen LogP) is -1.89. The molecule has 0 heterocycles. The van der Waals surface area contributed by atoms with Crippen LogP contribution in [0.5, 0.6) is 0 Å². The van der Waals surface area contributed by atoms with Crippen LogP contribution in [0.1, 0.15) is 34.1 Å². The Morgan fingerprint density at radius 2 is 1.67 bits per heavy atom. The Labute approximate surface area is 127 Å². The van der Waals surface area contributed by atoms with Gasteiger partial charge in [0, 0.05) is 17.5 Å². The Kier molecular flexibility index (Phi) is 4.19. The van der Waals surface area contributed by atoms with Crippen LogP contribution in [0.15, 0.2) is 24.3 Å². The van der Waals surface area contributed by atoms with E-state index in [9.17, 15) is 18.0 Å². The normalized spacial score (nSPS) is 23.2. The average molecular weight is 277 g/mol. The third kappa shape index (κ3) is 2.19. The topological polar surface area (TPSA) is 88.5 Å². The smallest absolute Gasteiger partial charge is 0.294 e. The van der Waals surface area contributed by atoms with Gasteiger partial charge in [0.05, 0.1) is 0 Å². The molecular formula is C11H10NaO5S+. The predicted molar refractivity (Wildman–Crippen MR) is 59.7 cm³/mol. The second-order valence-corrected chi connectivity index (χ2v) is 6.03. The summed E-state index contributed by atoms with van der Waals surface area (Å²) in [6.45, 7) is 1.07. The zero-order valence-corrected chi connectivity index (χ0v) is 12.8. The van der Waals surface area contributed by atoms with Crippen molar-refractivity contribution in [2.75, 3.05) is 0 Å². The first-order chi connectivity index (χ1) is 7.77. The molecule has 7 heteroatoms. The minimum absolute atomic E-state index is 0. The van der Waals surface area contributed by atoms with Crippen molar-refractivity contribution in [1.29, 1.82) is 0 Å². The molecule has 1 aromatic rings. The summed E-state index contributed by atoms with van der Waals surface area (Å²) in [4.78, 5) is 23.8. The fourth-order valence-electron chi connectivity index (χ4n) is 1.90. The monoisotopic (exact) mass is 277 g/mol. The van der Waals surface area contributed by atoms with Crippen LogP contribution < -0.4 is 29.6 Å². The van der Waals surface area contributed by atoms with Gasteiger partial charge in [-0.25, -0.2) is 0 Å². The fourth-order valence-corrected chi connectivity index (χ4v) is 2.56. The van der Waals surface area contributed by atoms with Crippen LogP contribution in [-0.2, 0) is 10.1 Å². The van der Waals surface area contributed by atoms with E-state index in [0.29, 0.717) is 0 Å². The molecule has 2 rings (SSSR count). The number of carbonyl (C=O) groups is 2. The number of carbonyl (C=O) groups excluding carboxylic acids is 2. The van der Waals surface area contributed by atoms with E-state index < -0.39 is 32.9 Å². The maximum Gasteiger partial charge on any atom is 1.00 e. The molecule has 1 aromatic carbocycles. The maximum atomic E-state index is 12.0. The first kappa shape index (κ1) is 15.5. The molecule has 5 nitrogen and oxygen atoms in total. The summed E-state index contributed by atoms with van der Waals surface area (Å²) in [7, 11) is -4.62. The van der Waals surface area contributed by atoms with Gasteiger partial charge in [-0.1, -0.05) is 24.3 Å². The van der Waals surface area contributed by atoms with Crippen molar-refractivity contribution in [3.63, 3.8) is 0 Å². The number of rotatable bonds is 1. The van der Waals surface area contributed by atoms with Crippen LogP contribution in [0.25, 0.3) is 0 Å². The molecule has 1 aliphatic carbocycles. The Morgan fingerprint density at radius 1 is 1.17 bits per heavy atom. The van der Waals surface area contributed by atoms with Crippen LogP contribution in [0.3, 0.4) is 0 Å². The molecule has 0 saturated heterocycles. The average Bonchev–Trinajstić information content (AvgIpc) is 2.25. The standard InChI is InChI=1S/C11H10O5S.Na/c1-11(17(14,15)16)6-9(12)7-4-2-3-5-8(7)10(11)13;/h2-5H,6H2,1H3,(H,14,15,16);/q;+1. The second kappa shape index (κ2) is 4.86. The van der Waals surface area contributed by atoms with Crippen LogP contribution in [-0.4, -0.2) is 29.3 Å². The summed E-state index contributed by atoms with van der Waals surface area (Å²) in [6.07, 6.45) is -0.526. The third-order valence-corrected chi connectivity index (χ3v) is 4.49. The number of hydrogen-bond acceptors (Lipinski definition) is 4. The Morgan fingerprint density at radius 3 is 2.17 bits per heavy atom. The number of hydrogen-bond donors (Lipinski definition) is 1. The number of benzene rings is 1. The summed E-state index contributed by atoms with van der Waals surface area (Å²) in [5, 5.41) is 0. The Balaban J connectivity index is 0.00000162. The van der Waals surface area contributed by atoms with Crippen molar-refractivity contribution in [1.82, 2.24) is 0 Å².